The fourth-order valence-corrected chi connectivity index (χ4v) is 2.76. The lowest BCUT2D eigenvalue weighted by Crippen LogP contribution is -2.32. The number of aryl methyl sites for hydroxylation is 1. The van der Waals surface area contributed by atoms with E-state index in [1.807, 2.05) is 13.0 Å². The summed E-state index contributed by atoms with van der Waals surface area (Å²) in [7, 11) is 0. The van der Waals surface area contributed by atoms with Crippen molar-refractivity contribution in [2.45, 2.75) is 39.5 Å². The van der Waals surface area contributed by atoms with Gasteiger partial charge in [-0.2, -0.15) is 0 Å². The molecule has 1 heterocycles. The Labute approximate surface area is 139 Å². The van der Waals surface area contributed by atoms with E-state index < -0.39 is 0 Å². The van der Waals surface area contributed by atoms with Crippen LogP contribution in [-0.4, -0.2) is 33.8 Å². The zero-order chi connectivity index (χ0) is 16.7. The van der Waals surface area contributed by atoms with Gasteiger partial charge in [-0.05, 0) is 36.6 Å². The Balaban J connectivity index is 2.10. The third-order valence-electron chi connectivity index (χ3n) is 4.24. The molecule has 0 radical (unpaired) electrons. The highest BCUT2D eigenvalue weighted by atomic mass is 16.3. The Bertz CT molecular complexity index is 618. The largest absolute Gasteiger partial charge is 0.392 e. The van der Waals surface area contributed by atoms with E-state index in [-0.39, 0.29) is 6.10 Å². The Morgan fingerprint density at radius 2 is 2.04 bits per heavy atom. The van der Waals surface area contributed by atoms with Gasteiger partial charge in [-0.25, -0.2) is 0 Å². The molecular weight excluding hydrogens is 284 g/mol. The Kier molecular flexibility index (Phi) is 6.63. The number of benzene rings is 1. The summed E-state index contributed by atoms with van der Waals surface area (Å²) in [4.78, 5) is 2.24. The van der Waals surface area contributed by atoms with Crippen molar-refractivity contribution in [3.8, 4) is 0 Å². The van der Waals surface area contributed by atoms with E-state index >= 15 is 0 Å². The molecule has 2 rings (SSSR count). The van der Waals surface area contributed by atoms with Gasteiger partial charge in [-0.3, -0.25) is 4.90 Å². The molecule has 0 amide bonds. The highest BCUT2D eigenvalue weighted by Gasteiger charge is 2.12. The highest BCUT2D eigenvalue weighted by Crippen LogP contribution is 2.14. The Morgan fingerprint density at radius 1 is 1.26 bits per heavy atom. The van der Waals surface area contributed by atoms with Crippen LogP contribution in [-0.2, 0) is 13.1 Å². The van der Waals surface area contributed by atoms with Crippen molar-refractivity contribution < 1.29 is 5.11 Å². The summed E-state index contributed by atoms with van der Waals surface area (Å²) in [6.07, 6.45) is 4.52. The quantitative estimate of drug-likeness (QED) is 0.717. The van der Waals surface area contributed by atoms with Gasteiger partial charge in [0.15, 0.2) is 0 Å². The fraction of sp³-hybridized carbons (Fsp3) is 0.400. The minimum absolute atomic E-state index is 0.283. The number of nitrogens with zero attached hydrogens (tertiary/aromatic N) is 2. The first-order valence-corrected chi connectivity index (χ1v) is 8.33. The van der Waals surface area contributed by atoms with Crippen LogP contribution in [0.2, 0.25) is 0 Å². The van der Waals surface area contributed by atoms with Crippen LogP contribution in [0.4, 0.5) is 0 Å². The van der Waals surface area contributed by atoms with Crippen LogP contribution in [0.3, 0.4) is 0 Å². The predicted molar refractivity (Wildman–Crippen MR) is 96.5 cm³/mol. The monoisotopic (exact) mass is 312 g/mol. The lowest BCUT2D eigenvalue weighted by atomic mass is 10.1. The molecule has 0 aliphatic heterocycles. The zero-order valence-corrected chi connectivity index (χ0v) is 14.3. The first-order valence-electron chi connectivity index (χ1n) is 8.33. The molecule has 1 unspecified atom stereocenters. The third-order valence-corrected chi connectivity index (χ3v) is 4.24. The molecule has 3 heteroatoms. The maximum absolute atomic E-state index is 9.94. The van der Waals surface area contributed by atoms with Gasteiger partial charge in [0, 0.05) is 38.1 Å². The number of aliphatic hydroxyl groups excluding tert-OH is 1. The summed E-state index contributed by atoms with van der Waals surface area (Å²) in [5.41, 5.74) is 3.92. The lowest BCUT2D eigenvalue weighted by molar-refractivity contribution is 0.111. The van der Waals surface area contributed by atoms with Crippen molar-refractivity contribution in [2.75, 3.05) is 13.1 Å². The average Bonchev–Trinajstić information content (AvgIpc) is 2.96. The Hall–Kier alpha value is -1.84. The minimum Gasteiger partial charge on any atom is -0.392 e. The van der Waals surface area contributed by atoms with E-state index in [1.165, 1.54) is 16.8 Å². The molecule has 0 aliphatic carbocycles. The van der Waals surface area contributed by atoms with E-state index in [0.717, 1.165) is 26.1 Å². The van der Waals surface area contributed by atoms with Gasteiger partial charge >= 0.3 is 0 Å². The molecule has 0 aliphatic rings. The van der Waals surface area contributed by atoms with E-state index in [2.05, 4.69) is 65.6 Å². The van der Waals surface area contributed by atoms with E-state index in [4.69, 9.17) is 0 Å². The van der Waals surface area contributed by atoms with E-state index in [0.29, 0.717) is 6.54 Å². The maximum Gasteiger partial charge on any atom is 0.0664 e. The standard InChI is InChI=1S/C20H28N2O/c1-4-12-21(16-20(23)5-2)15-19-11-8-13-22(19)14-18-10-7-6-9-17(18)3/h4,6-11,13,20,23H,1,5,12,14-16H2,2-3H3. The van der Waals surface area contributed by atoms with Gasteiger partial charge in [-0.15, -0.1) is 6.58 Å². The second-order valence-electron chi connectivity index (χ2n) is 6.10. The SMILES string of the molecule is C=CCN(Cc1cccn1Cc1ccccc1C)CC(O)CC. The molecular formula is C20H28N2O. The molecule has 1 N–H and O–H groups in total. The molecule has 1 aromatic heterocycles. The topological polar surface area (TPSA) is 28.4 Å². The summed E-state index contributed by atoms with van der Waals surface area (Å²) in [6, 6.07) is 12.8. The van der Waals surface area contributed by atoms with Crippen LogP contribution in [0.5, 0.6) is 0 Å². The van der Waals surface area contributed by atoms with Gasteiger partial charge in [0.25, 0.3) is 0 Å². The molecule has 0 fully saturated rings. The molecule has 124 valence electrons. The number of hydrogen-bond acceptors (Lipinski definition) is 2. The van der Waals surface area contributed by atoms with Crippen molar-refractivity contribution >= 4 is 0 Å². The summed E-state index contributed by atoms with van der Waals surface area (Å²) in [5.74, 6) is 0. The third kappa shape index (κ3) is 5.08. The number of rotatable bonds is 9. The highest BCUT2D eigenvalue weighted by molar-refractivity contribution is 5.26. The van der Waals surface area contributed by atoms with Crippen molar-refractivity contribution in [3.05, 3.63) is 72.1 Å². The summed E-state index contributed by atoms with van der Waals surface area (Å²) in [5, 5.41) is 9.94. The second-order valence-corrected chi connectivity index (χ2v) is 6.10. The first-order chi connectivity index (χ1) is 11.1. The first kappa shape index (κ1) is 17.5. The summed E-state index contributed by atoms with van der Waals surface area (Å²) in [6.45, 7) is 11.2. The van der Waals surface area contributed by atoms with Crippen LogP contribution < -0.4 is 0 Å². The minimum atomic E-state index is -0.283. The molecule has 0 saturated carbocycles. The van der Waals surface area contributed by atoms with Crippen molar-refractivity contribution in [3.63, 3.8) is 0 Å². The molecule has 0 bridgehead atoms. The Morgan fingerprint density at radius 3 is 2.74 bits per heavy atom. The van der Waals surface area contributed by atoms with Gasteiger partial charge in [0.2, 0.25) is 0 Å². The van der Waals surface area contributed by atoms with Crippen LogP contribution >= 0.6 is 0 Å². The molecule has 2 aromatic rings. The van der Waals surface area contributed by atoms with Gasteiger partial charge in [-0.1, -0.05) is 37.3 Å². The predicted octanol–water partition coefficient (Wildman–Crippen LogP) is 3.60. The van der Waals surface area contributed by atoms with Crippen molar-refractivity contribution in [1.29, 1.82) is 0 Å². The molecule has 0 saturated heterocycles. The fourth-order valence-electron chi connectivity index (χ4n) is 2.76. The van der Waals surface area contributed by atoms with Crippen LogP contribution in [0.15, 0.2) is 55.3 Å². The van der Waals surface area contributed by atoms with Crippen LogP contribution in [0.1, 0.15) is 30.2 Å². The number of hydrogen-bond donors (Lipinski definition) is 1. The van der Waals surface area contributed by atoms with Gasteiger partial charge in [0.05, 0.1) is 6.10 Å². The van der Waals surface area contributed by atoms with Crippen LogP contribution in [0, 0.1) is 6.92 Å². The molecule has 3 nitrogen and oxygen atoms in total. The van der Waals surface area contributed by atoms with Crippen molar-refractivity contribution in [1.82, 2.24) is 9.47 Å². The van der Waals surface area contributed by atoms with Crippen molar-refractivity contribution in [2.24, 2.45) is 0 Å². The molecule has 23 heavy (non-hydrogen) atoms. The molecule has 1 aromatic carbocycles. The van der Waals surface area contributed by atoms with Gasteiger partial charge < -0.3 is 9.67 Å². The van der Waals surface area contributed by atoms with E-state index in [1.54, 1.807) is 0 Å². The second kappa shape index (κ2) is 8.70. The average molecular weight is 312 g/mol. The lowest BCUT2D eigenvalue weighted by Gasteiger charge is -2.24. The summed E-state index contributed by atoms with van der Waals surface area (Å²) >= 11 is 0. The smallest absolute Gasteiger partial charge is 0.0664 e. The summed E-state index contributed by atoms with van der Waals surface area (Å²) < 4.78 is 2.29. The van der Waals surface area contributed by atoms with Crippen LogP contribution in [0.25, 0.3) is 0 Å². The van der Waals surface area contributed by atoms with Gasteiger partial charge in [0.1, 0.15) is 0 Å². The van der Waals surface area contributed by atoms with E-state index in [9.17, 15) is 5.11 Å². The number of aliphatic hydroxyl groups is 1. The zero-order valence-electron chi connectivity index (χ0n) is 14.3. The normalized spacial score (nSPS) is 12.5. The molecule has 1 atom stereocenters. The molecule has 0 spiro atoms. The maximum atomic E-state index is 9.94. The number of aromatic nitrogens is 1.